The van der Waals surface area contributed by atoms with Gasteiger partial charge in [0.15, 0.2) is 0 Å². The number of hydrogen-bond donors (Lipinski definition) is 0. The highest BCUT2D eigenvalue weighted by Gasteiger charge is 2.21. The molecule has 9 heavy (non-hydrogen) atoms. The van der Waals surface area contributed by atoms with Crippen LogP contribution in [0, 0.1) is 4.91 Å². The highest BCUT2D eigenvalue weighted by atomic mass is 16.3. The highest BCUT2D eigenvalue weighted by molar-refractivity contribution is 4.74. The van der Waals surface area contributed by atoms with Crippen molar-refractivity contribution in [3.05, 3.63) is 4.91 Å². The topological polar surface area (TPSA) is 32.7 Å². The third-order valence-corrected chi connectivity index (χ3v) is 1.92. The maximum atomic E-state index is 10.1. The van der Waals surface area contributed by atoms with Gasteiger partial charge in [-0.15, -0.1) is 4.91 Å². The fourth-order valence-electron chi connectivity index (χ4n) is 1.34. The van der Waals surface area contributed by atoms with Crippen LogP contribution in [0.3, 0.4) is 0 Å². The average molecular weight is 128 g/mol. The van der Waals surface area contributed by atoms with E-state index >= 15 is 0 Å². The quantitative estimate of drug-likeness (QED) is 0.528. The molecule has 0 aromatic carbocycles. The van der Waals surface area contributed by atoms with Crippen molar-refractivity contribution in [1.29, 1.82) is 0 Å². The van der Waals surface area contributed by atoms with Gasteiger partial charge in [0.2, 0.25) is 0 Å². The maximum absolute atomic E-state index is 10.1. The van der Waals surface area contributed by atoms with Crippen molar-refractivity contribution in [2.45, 2.75) is 32.2 Å². The van der Waals surface area contributed by atoms with Crippen molar-refractivity contribution in [2.24, 2.45) is 5.29 Å². The van der Waals surface area contributed by atoms with Crippen molar-refractivity contribution in [3.8, 4) is 0 Å². The maximum Gasteiger partial charge on any atom is 0.0526 e. The molecule has 0 aliphatic carbocycles. The molecular formula is C6H12N2O. The summed E-state index contributed by atoms with van der Waals surface area (Å²) in [6, 6.07) is 0.433. The first-order valence-corrected chi connectivity index (χ1v) is 3.48. The summed E-state index contributed by atoms with van der Waals surface area (Å²) in [5.74, 6) is 0. The van der Waals surface area contributed by atoms with Gasteiger partial charge in [0.1, 0.15) is 0 Å². The monoisotopic (exact) mass is 128 g/mol. The lowest BCUT2D eigenvalue weighted by Crippen LogP contribution is -2.22. The smallest absolute Gasteiger partial charge is 0.0526 e. The van der Waals surface area contributed by atoms with Gasteiger partial charge >= 0.3 is 0 Å². The van der Waals surface area contributed by atoms with E-state index in [-0.39, 0.29) is 0 Å². The Labute approximate surface area is 55.0 Å². The Morgan fingerprint density at radius 2 is 2.56 bits per heavy atom. The second-order valence-corrected chi connectivity index (χ2v) is 2.45. The Kier molecular flexibility index (Phi) is 2.03. The van der Waals surface area contributed by atoms with Crippen molar-refractivity contribution in [2.75, 3.05) is 6.54 Å². The molecule has 3 heteroatoms. The van der Waals surface area contributed by atoms with E-state index in [1.807, 2.05) is 0 Å². The van der Waals surface area contributed by atoms with Gasteiger partial charge in [-0.2, -0.15) is 0 Å². The minimum atomic E-state index is 0.433. The molecule has 0 saturated carbocycles. The molecule has 1 aliphatic heterocycles. The molecule has 1 fully saturated rings. The Hall–Kier alpha value is -0.600. The average Bonchev–Trinajstić information content (AvgIpc) is 2.33. The molecule has 3 nitrogen and oxygen atoms in total. The summed E-state index contributed by atoms with van der Waals surface area (Å²) in [4.78, 5) is 10.1. The Morgan fingerprint density at radius 3 is 3.00 bits per heavy atom. The van der Waals surface area contributed by atoms with Gasteiger partial charge < -0.3 is 0 Å². The van der Waals surface area contributed by atoms with Crippen LogP contribution in [0.2, 0.25) is 0 Å². The van der Waals surface area contributed by atoms with Gasteiger partial charge in [-0.1, -0.05) is 6.92 Å². The molecule has 0 amide bonds. The van der Waals surface area contributed by atoms with Gasteiger partial charge in [-0.25, -0.2) is 0 Å². The first-order chi connectivity index (χ1) is 4.38. The fourth-order valence-corrected chi connectivity index (χ4v) is 1.34. The van der Waals surface area contributed by atoms with Crippen molar-refractivity contribution in [1.82, 2.24) is 5.01 Å². The second-order valence-electron chi connectivity index (χ2n) is 2.45. The van der Waals surface area contributed by atoms with Crippen LogP contribution in [0.4, 0.5) is 0 Å². The Balaban J connectivity index is 2.41. The van der Waals surface area contributed by atoms with Crippen molar-refractivity contribution >= 4 is 0 Å². The summed E-state index contributed by atoms with van der Waals surface area (Å²) in [5.41, 5.74) is 0. The molecule has 52 valence electrons. The third-order valence-electron chi connectivity index (χ3n) is 1.92. The Bertz CT molecular complexity index is 105. The Morgan fingerprint density at radius 1 is 1.78 bits per heavy atom. The number of hydrogen-bond acceptors (Lipinski definition) is 2. The number of nitroso groups, excluding NO2 is 1. The normalized spacial score (nSPS) is 26.8. The van der Waals surface area contributed by atoms with Gasteiger partial charge in [-0.3, -0.25) is 5.01 Å². The SMILES string of the molecule is CCC1CCCN1N=O. The zero-order valence-electron chi connectivity index (χ0n) is 5.71. The van der Waals surface area contributed by atoms with E-state index in [1.54, 1.807) is 5.01 Å². The lowest BCUT2D eigenvalue weighted by Gasteiger charge is -2.14. The van der Waals surface area contributed by atoms with E-state index in [1.165, 1.54) is 0 Å². The summed E-state index contributed by atoms with van der Waals surface area (Å²) in [7, 11) is 0. The van der Waals surface area contributed by atoms with E-state index in [4.69, 9.17) is 0 Å². The summed E-state index contributed by atoms with van der Waals surface area (Å²) in [5, 5.41) is 4.58. The molecule has 0 N–H and O–H groups in total. The first-order valence-electron chi connectivity index (χ1n) is 3.48. The molecule has 1 unspecified atom stereocenters. The van der Waals surface area contributed by atoms with E-state index in [9.17, 15) is 4.91 Å². The molecule has 0 aromatic heterocycles. The van der Waals surface area contributed by atoms with E-state index in [0.717, 1.165) is 25.8 Å². The van der Waals surface area contributed by atoms with E-state index in [0.29, 0.717) is 6.04 Å². The summed E-state index contributed by atoms with van der Waals surface area (Å²) < 4.78 is 0. The molecule has 0 radical (unpaired) electrons. The van der Waals surface area contributed by atoms with E-state index in [2.05, 4.69) is 12.2 Å². The van der Waals surface area contributed by atoms with Gasteiger partial charge in [0, 0.05) is 6.54 Å². The standard InChI is InChI=1S/C6H12N2O/c1-2-6-4-3-5-8(6)7-9/h6H,2-5H2,1H3. The summed E-state index contributed by atoms with van der Waals surface area (Å²) in [6.07, 6.45) is 3.32. The molecule has 1 rings (SSSR count). The molecular weight excluding hydrogens is 116 g/mol. The highest BCUT2D eigenvalue weighted by Crippen LogP contribution is 2.18. The number of rotatable bonds is 2. The largest absolute Gasteiger partial charge is 0.258 e. The minimum absolute atomic E-state index is 0.433. The van der Waals surface area contributed by atoms with Crippen LogP contribution in [0.1, 0.15) is 26.2 Å². The fraction of sp³-hybridized carbons (Fsp3) is 1.00. The lowest BCUT2D eigenvalue weighted by atomic mass is 10.2. The van der Waals surface area contributed by atoms with Crippen LogP contribution >= 0.6 is 0 Å². The first kappa shape index (κ1) is 6.52. The van der Waals surface area contributed by atoms with Crippen LogP contribution in [0.25, 0.3) is 0 Å². The molecule has 1 saturated heterocycles. The zero-order chi connectivity index (χ0) is 6.69. The second kappa shape index (κ2) is 2.80. The van der Waals surface area contributed by atoms with Crippen LogP contribution in [0.5, 0.6) is 0 Å². The predicted molar refractivity (Wildman–Crippen MR) is 35.8 cm³/mol. The van der Waals surface area contributed by atoms with Crippen molar-refractivity contribution in [3.63, 3.8) is 0 Å². The minimum Gasteiger partial charge on any atom is -0.258 e. The molecule has 1 aliphatic rings. The molecule has 0 spiro atoms. The van der Waals surface area contributed by atoms with Crippen molar-refractivity contribution < 1.29 is 0 Å². The molecule has 1 heterocycles. The summed E-state index contributed by atoms with van der Waals surface area (Å²) >= 11 is 0. The van der Waals surface area contributed by atoms with E-state index < -0.39 is 0 Å². The predicted octanol–water partition coefficient (Wildman–Crippen LogP) is 1.54. The summed E-state index contributed by atoms with van der Waals surface area (Å²) in [6.45, 7) is 2.95. The van der Waals surface area contributed by atoms with Crippen LogP contribution in [-0.2, 0) is 0 Å². The number of nitrogens with zero attached hydrogens (tertiary/aromatic N) is 2. The van der Waals surface area contributed by atoms with Gasteiger partial charge in [0.25, 0.3) is 0 Å². The van der Waals surface area contributed by atoms with Crippen LogP contribution in [0.15, 0.2) is 5.29 Å². The van der Waals surface area contributed by atoms with Crippen LogP contribution in [-0.4, -0.2) is 17.6 Å². The van der Waals surface area contributed by atoms with Gasteiger partial charge in [0.05, 0.1) is 11.3 Å². The third kappa shape index (κ3) is 1.20. The lowest BCUT2D eigenvalue weighted by molar-refractivity contribution is 0.257. The zero-order valence-corrected chi connectivity index (χ0v) is 5.71. The molecule has 1 atom stereocenters. The van der Waals surface area contributed by atoms with Crippen LogP contribution < -0.4 is 0 Å². The molecule has 0 bridgehead atoms. The molecule has 0 aromatic rings. The van der Waals surface area contributed by atoms with Gasteiger partial charge in [-0.05, 0) is 19.3 Å².